The molecule has 0 saturated heterocycles. The summed E-state index contributed by atoms with van der Waals surface area (Å²) in [6.07, 6.45) is 5.85. The van der Waals surface area contributed by atoms with Gasteiger partial charge in [0.1, 0.15) is 0 Å². The first-order chi connectivity index (χ1) is 9.14. The summed E-state index contributed by atoms with van der Waals surface area (Å²) >= 11 is 3.68. The van der Waals surface area contributed by atoms with E-state index in [9.17, 15) is 0 Å². The van der Waals surface area contributed by atoms with E-state index >= 15 is 0 Å². The van der Waals surface area contributed by atoms with Gasteiger partial charge < -0.3 is 9.47 Å². The molecule has 20 heavy (non-hydrogen) atoms. The summed E-state index contributed by atoms with van der Waals surface area (Å²) in [4.78, 5) is 0. The van der Waals surface area contributed by atoms with Crippen LogP contribution in [0.15, 0.2) is 0 Å². The van der Waals surface area contributed by atoms with Gasteiger partial charge in [-0.05, 0) is 57.3 Å². The molecule has 1 fully saturated rings. The van der Waals surface area contributed by atoms with Gasteiger partial charge in [-0.1, -0.05) is 36.7 Å². The van der Waals surface area contributed by atoms with Crippen molar-refractivity contribution in [2.45, 2.75) is 77.9 Å². The van der Waals surface area contributed by atoms with E-state index in [4.69, 9.17) is 9.47 Å². The van der Waals surface area contributed by atoms with Crippen LogP contribution in [0, 0.1) is 11.3 Å². The molecule has 3 heteroatoms. The van der Waals surface area contributed by atoms with Gasteiger partial charge in [0, 0.05) is 12.4 Å². The lowest BCUT2D eigenvalue weighted by molar-refractivity contribution is -0.0899. The van der Waals surface area contributed by atoms with Gasteiger partial charge in [-0.2, -0.15) is 0 Å². The Morgan fingerprint density at radius 2 is 1.65 bits per heavy atom. The Morgan fingerprint density at radius 1 is 1.10 bits per heavy atom. The molecular formula is C17H33BrO2. The highest BCUT2D eigenvalue weighted by Crippen LogP contribution is 2.43. The van der Waals surface area contributed by atoms with Crippen molar-refractivity contribution in [1.82, 2.24) is 0 Å². The van der Waals surface area contributed by atoms with Crippen molar-refractivity contribution < 1.29 is 9.47 Å². The quantitative estimate of drug-likeness (QED) is 0.615. The molecule has 0 unspecified atom stereocenters. The van der Waals surface area contributed by atoms with Crippen molar-refractivity contribution in [3.05, 3.63) is 0 Å². The fourth-order valence-electron chi connectivity index (χ4n) is 2.94. The molecule has 0 radical (unpaired) electrons. The summed E-state index contributed by atoms with van der Waals surface area (Å²) in [6, 6.07) is 0. The van der Waals surface area contributed by atoms with Gasteiger partial charge in [-0.15, -0.1) is 0 Å². The van der Waals surface area contributed by atoms with Crippen LogP contribution in [-0.4, -0.2) is 30.2 Å². The lowest BCUT2D eigenvalue weighted by Crippen LogP contribution is -2.42. The van der Waals surface area contributed by atoms with E-state index in [0.717, 1.165) is 24.3 Å². The van der Waals surface area contributed by atoms with Crippen LogP contribution in [-0.2, 0) is 9.47 Å². The van der Waals surface area contributed by atoms with E-state index in [-0.39, 0.29) is 11.2 Å². The molecule has 0 N–H and O–H groups in total. The Balaban J connectivity index is 2.47. The molecule has 0 spiro atoms. The zero-order valence-corrected chi connectivity index (χ0v) is 15.8. The van der Waals surface area contributed by atoms with E-state index in [1.165, 1.54) is 25.7 Å². The van der Waals surface area contributed by atoms with Crippen molar-refractivity contribution in [1.29, 1.82) is 0 Å². The van der Waals surface area contributed by atoms with Gasteiger partial charge in [0.2, 0.25) is 0 Å². The van der Waals surface area contributed by atoms with Crippen LogP contribution in [0.25, 0.3) is 0 Å². The summed E-state index contributed by atoms with van der Waals surface area (Å²) in [7, 11) is 1.77. The Labute approximate surface area is 134 Å². The van der Waals surface area contributed by atoms with Crippen LogP contribution < -0.4 is 0 Å². The highest BCUT2D eigenvalue weighted by Gasteiger charge is 2.39. The van der Waals surface area contributed by atoms with E-state index in [0.29, 0.717) is 5.41 Å². The van der Waals surface area contributed by atoms with Gasteiger partial charge >= 0.3 is 0 Å². The van der Waals surface area contributed by atoms with Gasteiger partial charge in [0.05, 0.1) is 17.8 Å². The number of hydrogen-bond donors (Lipinski definition) is 0. The molecule has 0 atom stereocenters. The molecule has 0 aromatic carbocycles. The minimum atomic E-state index is -0.0872. The third-order valence-corrected chi connectivity index (χ3v) is 6.05. The first-order valence-corrected chi connectivity index (χ1v) is 9.01. The molecule has 1 aliphatic rings. The predicted octanol–water partition coefficient (Wildman–Crippen LogP) is 5.19. The van der Waals surface area contributed by atoms with Crippen molar-refractivity contribution in [2.24, 2.45) is 11.3 Å². The minimum absolute atomic E-state index is 0.0472. The molecule has 120 valence electrons. The molecule has 1 rings (SSSR count). The number of halogens is 1. The fourth-order valence-corrected chi connectivity index (χ4v) is 3.66. The van der Waals surface area contributed by atoms with Gasteiger partial charge in [0.15, 0.2) is 0 Å². The molecule has 0 bridgehead atoms. The Kier molecular flexibility index (Phi) is 6.56. The second kappa shape index (κ2) is 7.11. The molecule has 0 aromatic heterocycles. The third-order valence-electron chi connectivity index (χ3n) is 5.03. The number of hydrogen-bond acceptors (Lipinski definition) is 2. The second-order valence-corrected chi connectivity index (χ2v) is 8.58. The third kappa shape index (κ3) is 5.31. The Hall–Kier alpha value is 0.400. The molecule has 0 heterocycles. The number of rotatable bonds is 6. The Bertz CT molecular complexity index is 286. The fraction of sp³-hybridized carbons (Fsp3) is 1.00. The molecule has 0 amide bonds. The highest BCUT2D eigenvalue weighted by molar-refractivity contribution is 9.09. The van der Waals surface area contributed by atoms with E-state index in [2.05, 4.69) is 50.5 Å². The molecule has 1 aliphatic carbocycles. The van der Waals surface area contributed by atoms with Crippen molar-refractivity contribution >= 4 is 15.9 Å². The summed E-state index contributed by atoms with van der Waals surface area (Å²) in [5.41, 5.74) is 0.387. The summed E-state index contributed by atoms with van der Waals surface area (Å²) in [5.74, 6) is 0.827. The van der Waals surface area contributed by atoms with E-state index in [1.54, 1.807) is 7.11 Å². The van der Waals surface area contributed by atoms with Crippen LogP contribution in [0.1, 0.15) is 66.7 Å². The van der Waals surface area contributed by atoms with Crippen molar-refractivity contribution in [3.63, 3.8) is 0 Å². The zero-order chi connectivity index (χ0) is 15.4. The van der Waals surface area contributed by atoms with E-state index in [1.807, 2.05) is 0 Å². The minimum Gasteiger partial charge on any atom is -0.379 e. The van der Waals surface area contributed by atoms with Crippen LogP contribution in [0.5, 0.6) is 0 Å². The molecular weight excluding hydrogens is 316 g/mol. The lowest BCUT2D eigenvalue weighted by Gasteiger charge is -2.43. The normalized spacial score (nSPS) is 28.6. The SMILES string of the molecule is COC(C)(C)CCOC1(CBr)CCC(C(C)(C)C)CC1. The van der Waals surface area contributed by atoms with Crippen LogP contribution in [0.2, 0.25) is 0 Å². The van der Waals surface area contributed by atoms with Crippen LogP contribution in [0.4, 0.5) is 0 Å². The number of methoxy groups -OCH3 is 1. The predicted molar refractivity (Wildman–Crippen MR) is 89.6 cm³/mol. The topological polar surface area (TPSA) is 18.5 Å². The largest absolute Gasteiger partial charge is 0.379 e. The first kappa shape index (κ1) is 18.4. The number of ether oxygens (including phenoxy) is 2. The standard InChI is InChI=1S/C17H33BrO2/c1-15(2,3)14-7-9-17(13-18,10-8-14)20-12-11-16(4,5)19-6/h14H,7-13H2,1-6H3. The van der Waals surface area contributed by atoms with Gasteiger partial charge in [-0.25, -0.2) is 0 Å². The summed E-state index contributed by atoms with van der Waals surface area (Å²) in [6.45, 7) is 12.1. The van der Waals surface area contributed by atoms with Crippen LogP contribution >= 0.6 is 15.9 Å². The maximum atomic E-state index is 6.29. The average Bonchev–Trinajstić information content (AvgIpc) is 2.38. The van der Waals surface area contributed by atoms with Gasteiger partial charge in [0.25, 0.3) is 0 Å². The smallest absolute Gasteiger partial charge is 0.0779 e. The second-order valence-electron chi connectivity index (χ2n) is 8.02. The summed E-state index contributed by atoms with van der Waals surface area (Å²) in [5, 5.41) is 0.949. The zero-order valence-electron chi connectivity index (χ0n) is 14.2. The van der Waals surface area contributed by atoms with Gasteiger partial charge in [-0.3, -0.25) is 0 Å². The molecule has 1 saturated carbocycles. The van der Waals surface area contributed by atoms with Crippen molar-refractivity contribution in [2.75, 3.05) is 19.0 Å². The highest BCUT2D eigenvalue weighted by atomic mass is 79.9. The Morgan fingerprint density at radius 3 is 2.05 bits per heavy atom. The average molecular weight is 349 g/mol. The number of alkyl halides is 1. The monoisotopic (exact) mass is 348 g/mol. The van der Waals surface area contributed by atoms with Crippen molar-refractivity contribution in [3.8, 4) is 0 Å². The molecule has 2 nitrogen and oxygen atoms in total. The van der Waals surface area contributed by atoms with Crippen LogP contribution in [0.3, 0.4) is 0 Å². The molecule has 0 aromatic rings. The van der Waals surface area contributed by atoms with E-state index < -0.39 is 0 Å². The first-order valence-electron chi connectivity index (χ1n) is 7.89. The molecule has 0 aliphatic heterocycles. The summed E-state index contributed by atoms with van der Waals surface area (Å²) < 4.78 is 11.8. The maximum absolute atomic E-state index is 6.29. The lowest BCUT2D eigenvalue weighted by atomic mass is 9.69. The maximum Gasteiger partial charge on any atom is 0.0779 e.